The largest absolute Gasteiger partial charge is 0.341 e. The Bertz CT molecular complexity index is 707. The number of benzene rings is 1. The summed E-state index contributed by atoms with van der Waals surface area (Å²) in [5.74, 6) is 0.127. The fraction of sp³-hybridized carbons (Fsp3) is 0.632. The first-order valence-electron chi connectivity index (χ1n) is 9.09. The summed E-state index contributed by atoms with van der Waals surface area (Å²) >= 11 is 0. The van der Waals surface area contributed by atoms with E-state index in [4.69, 9.17) is 0 Å². The molecular weight excluding hydrogens is 336 g/mol. The lowest BCUT2D eigenvalue weighted by molar-refractivity contribution is -0.134. The zero-order valence-corrected chi connectivity index (χ0v) is 16.5. The minimum Gasteiger partial charge on any atom is -0.341 e. The molecule has 1 atom stereocenters. The van der Waals surface area contributed by atoms with E-state index >= 15 is 0 Å². The second-order valence-electron chi connectivity index (χ2n) is 7.46. The molecule has 0 radical (unpaired) electrons. The van der Waals surface area contributed by atoms with Crippen LogP contribution in [0.25, 0.3) is 0 Å². The molecule has 1 heterocycles. The van der Waals surface area contributed by atoms with E-state index in [2.05, 4.69) is 4.72 Å². The van der Waals surface area contributed by atoms with Crippen molar-refractivity contribution >= 4 is 15.9 Å². The second-order valence-corrected chi connectivity index (χ2v) is 9.14. The van der Waals surface area contributed by atoms with E-state index in [-0.39, 0.29) is 16.7 Å². The molecule has 1 amide bonds. The summed E-state index contributed by atoms with van der Waals surface area (Å²) in [4.78, 5) is 15.0. The van der Waals surface area contributed by atoms with Gasteiger partial charge in [0.05, 0.1) is 4.90 Å². The number of likely N-dealkylation sites (tertiary alicyclic amines) is 1. The fourth-order valence-electron chi connectivity index (χ4n) is 3.25. The van der Waals surface area contributed by atoms with E-state index in [1.54, 1.807) is 19.1 Å². The number of carbonyl (C=O) groups excluding carboxylic acids is 1. The quantitative estimate of drug-likeness (QED) is 0.841. The monoisotopic (exact) mass is 366 g/mol. The third-order valence-corrected chi connectivity index (χ3v) is 6.22. The van der Waals surface area contributed by atoms with E-state index in [9.17, 15) is 13.2 Å². The summed E-state index contributed by atoms with van der Waals surface area (Å²) in [5, 5.41) is 0. The maximum Gasteiger partial charge on any atom is 0.241 e. The van der Waals surface area contributed by atoms with Crippen LogP contribution in [0.2, 0.25) is 0 Å². The molecule has 140 valence electrons. The molecule has 2 rings (SSSR count). The van der Waals surface area contributed by atoms with Crippen LogP contribution in [-0.2, 0) is 14.8 Å². The molecule has 5 nitrogen and oxygen atoms in total. The SMILES string of the molecule is Cc1ccc(C)c(S(=O)(=O)N[C@H](CC(C)C)C(=O)N2CCCCC2)c1. The number of aryl methyl sites for hydroxylation is 2. The summed E-state index contributed by atoms with van der Waals surface area (Å²) in [6.45, 7) is 9.09. The van der Waals surface area contributed by atoms with Crippen LogP contribution in [0.4, 0.5) is 0 Å². The van der Waals surface area contributed by atoms with Crippen molar-refractivity contribution in [1.29, 1.82) is 0 Å². The molecule has 0 saturated carbocycles. The van der Waals surface area contributed by atoms with Crippen LogP contribution in [0.3, 0.4) is 0 Å². The zero-order chi connectivity index (χ0) is 18.6. The van der Waals surface area contributed by atoms with Gasteiger partial charge in [0, 0.05) is 13.1 Å². The maximum absolute atomic E-state index is 12.9. The van der Waals surface area contributed by atoms with Gasteiger partial charge in [-0.05, 0) is 62.6 Å². The van der Waals surface area contributed by atoms with Crippen LogP contribution >= 0.6 is 0 Å². The molecule has 6 heteroatoms. The third-order valence-electron chi connectivity index (χ3n) is 4.60. The lowest BCUT2D eigenvalue weighted by atomic mass is 10.0. The van der Waals surface area contributed by atoms with E-state index in [0.717, 1.165) is 37.9 Å². The van der Waals surface area contributed by atoms with Crippen LogP contribution in [0, 0.1) is 19.8 Å². The van der Waals surface area contributed by atoms with Gasteiger partial charge in [0.15, 0.2) is 0 Å². The third kappa shape index (κ3) is 5.28. The molecule has 0 unspecified atom stereocenters. The highest BCUT2D eigenvalue weighted by Gasteiger charge is 2.31. The Hall–Kier alpha value is -1.40. The van der Waals surface area contributed by atoms with Crippen molar-refractivity contribution in [3.05, 3.63) is 29.3 Å². The van der Waals surface area contributed by atoms with Crippen LogP contribution < -0.4 is 4.72 Å². The normalized spacial score (nSPS) is 16.9. The van der Waals surface area contributed by atoms with Gasteiger partial charge in [-0.15, -0.1) is 0 Å². The predicted octanol–water partition coefficient (Wildman–Crippen LogP) is 3.01. The maximum atomic E-state index is 12.9. The Morgan fingerprint density at radius 3 is 2.40 bits per heavy atom. The zero-order valence-electron chi connectivity index (χ0n) is 15.7. The van der Waals surface area contributed by atoms with Crippen molar-refractivity contribution in [1.82, 2.24) is 9.62 Å². The van der Waals surface area contributed by atoms with Gasteiger partial charge in [0.1, 0.15) is 6.04 Å². The molecule has 0 bridgehead atoms. The molecule has 1 aromatic rings. The van der Waals surface area contributed by atoms with Crippen LogP contribution in [0.5, 0.6) is 0 Å². The number of hydrogen-bond acceptors (Lipinski definition) is 3. The van der Waals surface area contributed by atoms with E-state index < -0.39 is 16.1 Å². The molecule has 25 heavy (non-hydrogen) atoms. The number of sulfonamides is 1. The Labute approximate surface area is 151 Å². The molecule has 1 N–H and O–H groups in total. The Morgan fingerprint density at radius 1 is 1.16 bits per heavy atom. The summed E-state index contributed by atoms with van der Waals surface area (Å²) in [5.41, 5.74) is 1.57. The van der Waals surface area contributed by atoms with Gasteiger partial charge in [-0.1, -0.05) is 26.0 Å². The summed E-state index contributed by atoms with van der Waals surface area (Å²) in [6, 6.07) is 4.64. The van der Waals surface area contributed by atoms with Crippen LogP contribution in [0.1, 0.15) is 50.7 Å². The highest BCUT2D eigenvalue weighted by atomic mass is 32.2. The molecule has 0 spiro atoms. The van der Waals surface area contributed by atoms with Gasteiger partial charge in [-0.3, -0.25) is 4.79 Å². The molecular formula is C19H30N2O3S. The van der Waals surface area contributed by atoms with Gasteiger partial charge >= 0.3 is 0 Å². The molecule has 1 fully saturated rings. The van der Waals surface area contributed by atoms with Gasteiger partial charge in [0.2, 0.25) is 15.9 Å². The Balaban J connectivity index is 2.25. The molecule has 0 aromatic heterocycles. The van der Waals surface area contributed by atoms with Crippen molar-refractivity contribution < 1.29 is 13.2 Å². The number of piperidine rings is 1. The van der Waals surface area contributed by atoms with Crippen molar-refractivity contribution in [2.24, 2.45) is 5.92 Å². The number of hydrogen-bond donors (Lipinski definition) is 1. The number of carbonyl (C=O) groups is 1. The number of amides is 1. The molecule has 1 saturated heterocycles. The lowest BCUT2D eigenvalue weighted by Crippen LogP contribution is -2.50. The first kappa shape index (κ1) is 19.9. The van der Waals surface area contributed by atoms with Gasteiger partial charge in [0.25, 0.3) is 0 Å². The molecule has 1 aliphatic heterocycles. The minimum atomic E-state index is -3.74. The van der Waals surface area contributed by atoms with E-state index in [1.807, 2.05) is 31.7 Å². The Morgan fingerprint density at radius 2 is 1.80 bits per heavy atom. The molecule has 1 aliphatic rings. The fourth-order valence-corrected chi connectivity index (χ4v) is 4.78. The summed E-state index contributed by atoms with van der Waals surface area (Å²) in [7, 11) is -3.74. The number of nitrogens with zero attached hydrogens (tertiary/aromatic N) is 1. The highest BCUT2D eigenvalue weighted by molar-refractivity contribution is 7.89. The standard InChI is InChI=1S/C19H30N2O3S/c1-14(2)12-17(19(22)21-10-6-5-7-11-21)20-25(23,24)18-13-15(3)8-9-16(18)4/h8-9,13-14,17,20H,5-7,10-12H2,1-4H3/t17-/m1/s1. The van der Waals surface area contributed by atoms with Gasteiger partial charge in [-0.25, -0.2) is 8.42 Å². The summed E-state index contributed by atoms with van der Waals surface area (Å²) in [6.07, 6.45) is 3.61. The van der Waals surface area contributed by atoms with Crippen molar-refractivity contribution in [3.8, 4) is 0 Å². The van der Waals surface area contributed by atoms with Crippen LogP contribution in [-0.4, -0.2) is 38.4 Å². The van der Waals surface area contributed by atoms with Gasteiger partial charge in [-0.2, -0.15) is 4.72 Å². The molecule has 1 aromatic carbocycles. The average Bonchev–Trinajstić information content (AvgIpc) is 2.56. The number of rotatable bonds is 6. The van der Waals surface area contributed by atoms with E-state index in [1.165, 1.54) is 0 Å². The van der Waals surface area contributed by atoms with Crippen molar-refractivity contribution in [2.75, 3.05) is 13.1 Å². The second kappa shape index (κ2) is 8.32. The molecule has 0 aliphatic carbocycles. The smallest absolute Gasteiger partial charge is 0.241 e. The van der Waals surface area contributed by atoms with Crippen LogP contribution in [0.15, 0.2) is 23.1 Å². The average molecular weight is 367 g/mol. The van der Waals surface area contributed by atoms with E-state index in [0.29, 0.717) is 12.0 Å². The topological polar surface area (TPSA) is 66.5 Å². The van der Waals surface area contributed by atoms with Gasteiger partial charge < -0.3 is 4.90 Å². The highest BCUT2D eigenvalue weighted by Crippen LogP contribution is 2.20. The summed E-state index contributed by atoms with van der Waals surface area (Å²) < 4.78 is 28.5. The lowest BCUT2D eigenvalue weighted by Gasteiger charge is -2.31. The van der Waals surface area contributed by atoms with Crippen molar-refractivity contribution in [3.63, 3.8) is 0 Å². The predicted molar refractivity (Wildman–Crippen MR) is 99.9 cm³/mol. The first-order valence-corrected chi connectivity index (χ1v) is 10.6. The van der Waals surface area contributed by atoms with Crippen molar-refractivity contribution in [2.45, 2.75) is 64.3 Å². The Kier molecular flexibility index (Phi) is 6.63. The first-order chi connectivity index (χ1) is 11.7. The number of nitrogens with one attached hydrogen (secondary N) is 1. The minimum absolute atomic E-state index is 0.0951.